The normalized spacial score (nSPS) is 13.2. The highest BCUT2D eigenvalue weighted by molar-refractivity contribution is 5.94. The van der Waals surface area contributed by atoms with E-state index in [2.05, 4.69) is 10.3 Å². The topological polar surface area (TPSA) is 67.5 Å². The van der Waals surface area contributed by atoms with E-state index in [1.165, 1.54) is 0 Å². The number of anilines is 1. The molecule has 0 saturated carbocycles. The van der Waals surface area contributed by atoms with Crippen LogP contribution in [0, 0.1) is 0 Å². The summed E-state index contributed by atoms with van der Waals surface area (Å²) in [6.45, 7) is 0.601. The van der Waals surface area contributed by atoms with Gasteiger partial charge in [0.15, 0.2) is 0 Å². The first-order chi connectivity index (χ1) is 6.27. The van der Waals surface area contributed by atoms with Gasteiger partial charge in [0.1, 0.15) is 0 Å². The summed E-state index contributed by atoms with van der Waals surface area (Å²) in [5.74, 6) is -0.405. The molecule has 1 amide bonds. The number of primary amides is 1. The Labute approximate surface area is 75.5 Å². The quantitative estimate of drug-likeness (QED) is 0.661. The minimum Gasteiger partial charge on any atom is -0.366 e. The van der Waals surface area contributed by atoms with Crippen molar-refractivity contribution in [1.82, 2.24) is 0 Å². The van der Waals surface area contributed by atoms with Crippen molar-refractivity contribution in [3.8, 4) is 0 Å². The van der Waals surface area contributed by atoms with Crippen LogP contribution in [0.5, 0.6) is 0 Å². The first-order valence-corrected chi connectivity index (χ1v) is 3.95. The van der Waals surface area contributed by atoms with Crippen LogP contribution in [0.25, 0.3) is 0 Å². The molecule has 0 saturated heterocycles. The van der Waals surface area contributed by atoms with Gasteiger partial charge in [0.05, 0.1) is 12.9 Å². The molecule has 0 bridgehead atoms. The number of amides is 1. The lowest BCUT2D eigenvalue weighted by Gasteiger charge is -2.12. The Balaban J connectivity index is 2.44. The molecule has 0 fully saturated rings. The summed E-state index contributed by atoms with van der Waals surface area (Å²) in [6.07, 6.45) is 1.65. The van der Waals surface area contributed by atoms with Gasteiger partial charge >= 0.3 is 0 Å². The average Bonchev–Trinajstić information content (AvgIpc) is 2.17. The fraction of sp³-hybridized carbons (Fsp3) is 0.111. The van der Waals surface area contributed by atoms with Gasteiger partial charge in [-0.15, -0.1) is 0 Å². The summed E-state index contributed by atoms with van der Waals surface area (Å²) < 4.78 is 0. The largest absolute Gasteiger partial charge is 0.366 e. The van der Waals surface area contributed by atoms with E-state index in [1.807, 2.05) is 6.07 Å². The molecule has 4 heteroatoms. The summed E-state index contributed by atoms with van der Waals surface area (Å²) >= 11 is 0. The summed E-state index contributed by atoms with van der Waals surface area (Å²) in [7, 11) is 0. The van der Waals surface area contributed by atoms with E-state index >= 15 is 0 Å². The summed E-state index contributed by atoms with van der Waals surface area (Å²) in [5.41, 5.74) is 7.66. The molecule has 2 rings (SSSR count). The fourth-order valence-electron chi connectivity index (χ4n) is 1.28. The number of benzene rings is 1. The third-order valence-electron chi connectivity index (χ3n) is 1.96. The Morgan fingerprint density at radius 3 is 3.15 bits per heavy atom. The molecule has 1 aromatic rings. The van der Waals surface area contributed by atoms with E-state index in [0.29, 0.717) is 12.1 Å². The van der Waals surface area contributed by atoms with Crippen molar-refractivity contribution < 1.29 is 4.79 Å². The van der Waals surface area contributed by atoms with E-state index in [-0.39, 0.29) is 0 Å². The molecule has 3 N–H and O–H groups in total. The highest BCUT2D eigenvalue weighted by Gasteiger charge is 2.07. The highest BCUT2D eigenvalue weighted by atomic mass is 16.1. The number of rotatable bonds is 1. The maximum Gasteiger partial charge on any atom is 0.248 e. The highest BCUT2D eigenvalue weighted by Crippen LogP contribution is 2.19. The lowest BCUT2D eigenvalue weighted by atomic mass is 10.1. The van der Waals surface area contributed by atoms with Crippen molar-refractivity contribution in [1.29, 1.82) is 0 Å². The number of nitrogens with two attached hydrogens (primary N) is 1. The van der Waals surface area contributed by atoms with Gasteiger partial charge in [0.25, 0.3) is 0 Å². The van der Waals surface area contributed by atoms with Gasteiger partial charge in [-0.25, -0.2) is 0 Å². The molecule has 66 valence electrons. The van der Waals surface area contributed by atoms with Crippen LogP contribution in [0.2, 0.25) is 0 Å². The molecule has 0 aromatic heterocycles. The molecule has 1 aromatic carbocycles. The van der Waals surface area contributed by atoms with Crippen LogP contribution in [0.3, 0.4) is 0 Å². The number of fused-ring (bicyclic) bond motifs is 1. The lowest BCUT2D eigenvalue weighted by molar-refractivity contribution is 0.1000. The number of hydrogen-bond acceptors (Lipinski definition) is 3. The molecule has 0 spiro atoms. The molecule has 1 heterocycles. The standard InChI is InChI=1S/C9H9N3O/c10-9(13)6-1-2-8-7(3-6)4-11-5-12-8/h1-3,5H,4H2,(H2,10,13)(H,11,12). The van der Waals surface area contributed by atoms with Gasteiger partial charge in [0, 0.05) is 11.3 Å². The van der Waals surface area contributed by atoms with Crippen LogP contribution in [-0.4, -0.2) is 12.2 Å². The Bertz CT molecular complexity index is 384. The van der Waals surface area contributed by atoms with Crippen molar-refractivity contribution in [3.63, 3.8) is 0 Å². The first kappa shape index (κ1) is 7.79. The molecular weight excluding hydrogens is 166 g/mol. The number of hydrogen-bond donors (Lipinski definition) is 2. The van der Waals surface area contributed by atoms with Gasteiger partial charge in [-0.2, -0.15) is 0 Å². The summed E-state index contributed by atoms with van der Waals surface area (Å²) in [6, 6.07) is 5.30. The number of nitrogens with one attached hydrogen (secondary N) is 1. The maximum atomic E-state index is 10.9. The molecule has 1 aliphatic rings. The average molecular weight is 175 g/mol. The predicted molar refractivity (Wildman–Crippen MR) is 50.8 cm³/mol. The SMILES string of the molecule is NC(=O)c1ccc2c(c1)CN=CN2. The van der Waals surface area contributed by atoms with Gasteiger partial charge in [-0.05, 0) is 23.8 Å². The van der Waals surface area contributed by atoms with E-state index < -0.39 is 5.91 Å². The van der Waals surface area contributed by atoms with Crippen LogP contribution < -0.4 is 11.1 Å². The van der Waals surface area contributed by atoms with Crippen LogP contribution in [0.1, 0.15) is 15.9 Å². The van der Waals surface area contributed by atoms with Gasteiger partial charge in [-0.1, -0.05) is 0 Å². The predicted octanol–water partition coefficient (Wildman–Crippen LogP) is 0.739. The van der Waals surface area contributed by atoms with E-state index in [4.69, 9.17) is 5.73 Å². The Hall–Kier alpha value is -1.84. The summed E-state index contributed by atoms with van der Waals surface area (Å²) in [4.78, 5) is 14.9. The van der Waals surface area contributed by atoms with Crippen molar-refractivity contribution in [2.75, 3.05) is 5.32 Å². The molecule has 13 heavy (non-hydrogen) atoms. The molecular formula is C9H9N3O. The van der Waals surface area contributed by atoms with Gasteiger partial charge < -0.3 is 11.1 Å². The third-order valence-corrected chi connectivity index (χ3v) is 1.96. The monoisotopic (exact) mass is 175 g/mol. The minimum absolute atomic E-state index is 0.405. The summed E-state index contributed by atoms with van der Waals surface area (Å²) in [5, 5.41) is 2.98. The molecule has 0 atom stereocenters. The van der Waals surface area contributed by atoms with Crippen LogP contribution >= 0.6 is 0 Å². The van der Waals surface area contributed by atoms with E-state index in [1.54, 1.807) is 18.5 Å². The van der Waals surface area contributed by atoms with E-state index in [9.17, 15) is 4.79 Å². The van der Waals surface area contributed by atoms with Gasteiger partial charge in [0.2, 0.25) is 5.91 Å². The third kappa shape index (κ3) is 1.38. The zero-order valence-electron chi connectivity index (χ0n) is 6.95. The Morgan fingerprint density at radius 2 is 2.38 bits per heavy atom. The second-order valence-electron chi connectivity index (χ2n) is 2.85. The van der Waals surface area contributed by atoms with Crippen molar-refractivity contribution in [3.05, 3.63) is 29.3 Å². The molecule has 1 aliphatic heterocycles. The number of nitrogens with zero attached hydrogens (tertiary/aromatic N) is 1. The first-order valence-electron chi connectivity index (χ1n) is 3.95. The molecule has 4 nitrogen and oxygen atoms in total. The second kappa shape index (κ2) is 2.90. The Kier molecular flexibility index (Phi) is 1.73. The zero-order chi connectivity index (χ0) is 9.26. The number of carbonyl (C=O) groups is 1. The van der Waals surface area contributed by atoms with Crippen molar-refractivity contribution in [2.24, 2.45) is 10.7 Å². The smallest absolute Gasteiger partial charge is 0.248 e. The molecule has 0 radical (unpaired) electrons. The van der Waals surface area contributed by atoms with Crippen LogP contribution in [0.4, 0.5) is 5.69 Å². The minimum atomic E-state index is -0.405. The lowest BCUT2D eigenvalue weighted by Crippen LogP contribution is -2.13. The fourth-order valence-corrected chi connectivity index (χ4v) is 1.28. The van der Waals surface area contributed by atoms with Crippen molar-refractivity contribution in [2.45, 2.75) is 6.54 Å². The van der Waals surface area contributed by atoms with Crippen molar-refractivity contribution >= 4 is 17.9 Å². The Morgan fingerprint density at radius 1 is 1.54 bits per heavy atom. The van der Waals surface area contributed by atoms with E-state index in [0.717, 1.165) is 11.3 Å². The van der Waals surface area contributed by atoms with Crippen LogP contribution in [0.15, 0.2) is 23.2 Å². The maximum absolute atomic E-state index is 10.9. The second-order valence-corrected chi connectivity index (χ2v) is 2.85. The van der Waals surface area contributed by atoms with Gasteiger partial charge in [-0.3, -0.25) is 9.79 Å². The molecule has 0 unspecified atom stereocenters. The number of carbonyl (C=O) groups excluding carboxylic acids is 1. The molecule has 0 aliphatic carbocycles. The van der Waals surface area contributed by atoms with Crippen LogP contribution in [-0.2, 0) is 6.54 Å². The zero-order valence-corrected chi connectivity index (χ0v) is 6.95. The number of aliphatic imine (C=N–C) groups is 1.